The molecule has 6 aromatic rings. The molecule has 0 spiro atoms. The molecule has 0 bridgehead atoms. The Morgan fingerprint density at radius 2 is 0.884 bits per heavy atom. The van der Waals surface area contributed by atoms with Crippen molar-refractivity contribution in [3.05, 3.63) is 162 Å². The summed E-state index contributed by atoms with van der Waals surface area (Å²) in [7, 11) is 0. The Balaban J connectivity index is 1.25. The van der Waals surface area contributed by atoms with Gasteiger partial charge in [0.25, 0.3) is 0 Å². The molecule has 208 valence electrons. The summed E-state index contributed by atoms with van der Waals surface area (Å²) in [5.74, 6) is 0. The van der Waals surface area contributed by atoms with Crippen LogP contribution >= 0.6 is 0 Å². The molecule has 1 aliphatic heterocycles. The van der Waals surface area contributed by atoms with E-state index in [-0.39, 0.29) is 10.8 Å². The van der Waals surface area contributed by atoms with Gasteiger partial charge in [-0.05, 0) is 92.0 Å². The first-order valence-corrected chi connectivity index (χ1v) is 15.3. The molecule has 0 N–H and O–H groups in total. The van der Waals surface area contributed by atoms with Gasteiger partial charge in [-0.15, -0.1) is 0 Å². The van der Waals surface area contributed by atoms with Gasteiger partial charge in [-0.25, -0.2) is 0 Å². The lowest BCUT2D eigenvalue weighted by atomic mass is 9.72. The van der Waals surface area contributed by atoms with Gasteiger partial charge in [-0.2, -0.15) is 0 Å². The van der Waals surface area contributed by atoms with Gasteiger partial charge in [0.2, 0.25) is 0 Å². The largest absolute Gasteiger partial charge is 0.310 e. The molecule has 0 unspecified atom stereocenters. The third kappa shape index (κ3) is 3.85. The lowest BCUT2D eigenvalue weighted by Crippen LogP contribution is -2.30. The van der Waals surface area contributed by atoms with Crippen LogP contribution in [-0.2, 0) is 10.8 Å². The standard InChI is InChI=1S/C42H35N/c1-41(2)35-15-9-8-14-33(35)34-24-20-30(26-37(34)41)31-21-25-40-38(27-31)42(3,4)36-16-10-11-17-39(36)43(40)32-22-18-29(19-23-32)28-12-6-5-7-13-28/h5-27H,1-4H3. The predicted octanol–water partition coefficient (Wildman–Crippen LogP) is 11.4. The Kier molecular flexibility index (Phi) is 5.59. The molecule has 43 heavy (non-hydrogen) atoms. The highest BCUT2D eigenvalue weighted by Crippen LogP contribution is 2.53. The topological polar surface area (TPSA) is 3.24 Å². The fourth-order valence-corrected chi connectivity index (χ4v) is 7.48. The highest BCUT2D eigenvalue weighted by molar-refractivity contribution is 5.89. The molecule has 8 rings (SSSR count). The van der Waals surface area contributed by atoms with Crippen LogP contribution in [0, 0.1) is 0 Å². The highest BCUT2D eigenvalue weighted by Gasteiger charge is 2.38. The fourth-order valence-electron chi connectivity index (χ4n) is 7.48. The third-order valence-electron chi connectivity index (χ3n) is 9.88. The average molecular weight is 554 g/mol. The summed E-state index contributed by atoms with van der Waals surface area (Å²) in [6.07, 6.45) is 0. The Morgan fingerprint density at radius 1 is 0.372 bits per heavy atom. The molecule has 1 nitrogen and oxygen atoms in total. The molecule has 0 amide bonds. The summed E-state index contributed by atoms with van der Waals surface area (Å²) < 4.78 is 0. The summed E-state index contributed by atoms with van der Waals surface area (Å²) >= 11 is 0. The van der Waals surface area contributed by atoms with Gasteiger partial charge in [0, 0.05) is 16.5 Å². The van der Waals surface area contributed by atoms with Crippen LogP contribution in [0.2, 0.25) is 0 Å². The number of hydrogen-bond acceptors (Lipinski definition) is 1. The van der Waals surface area contributed by atoms with Crippen molar-refractivity contribution in [3.63, 3.8) is 0 Å². The Bertz CT molecular complexity index is 2010. The first kappa shape index (κ1) is 25.8. The summed E-state index contributed by atoms with van der Waals surface area (Å²) in [6, 6.07) is 51.5. The van der Waals surface area contributed by atoms with Gasteiger partial charge in [0.15, 0.2) is 0 Å². The van der Waals surface area contributed by atoms with Crippen LogP contribution in [0.5, 0.6) is 0 Å². The minimum Gasteiger partial charge on any atom is -0.310 e. The summed E-state index contributed by atoms with van der Waals surface area (Å²) in [5.41, 5.74) is 16.8. The van der Waals surface area contributed by atoms with Crippen LogP contribution in [0.3, 0.4) is 0 Å². The molecule has 0 radical (unpaired) electrons. The van der Waals surface area contributed by atoms with E-state index in [0.717, 1.165) is 0 Å². The minimum absolute atomic E-state index is 0.0168. The normalized spacial score (nSPS) is 15.3. The summed E-state index contributed by atoms with van der Waals surface area (Å²) in [5, 5.41) is 0. The van der Waals surface area contributed by atoms with Crippen molar-refractivity contribution >= 4 is 17.1 Å². The summed E-state index contributed by atoms with van der Waals surface area (Å²) in [4.78, 5) is 2.44. The zero-order valence-corrected chi connectivity index (χ0v) is 25.2. The van der Waals surface area contributed by atoms with Crippen LogP contribution < -0.4 is 4.90 Å². The number of fused-ring (bicyclic) bond motifs is 5. The van der Waals surface area contributed by atoms with Crippen molar-refractivity contribution < 1.29 is 0 Å². The van der Waals surface area contributed by atoms with Gasteiger partial charge in [-0.3, -0.25) is 0 Å². The molecule has 0 saturated heterocycles. The zero-order valence-electron chi connectivity index (χ0n) is 25.2. The lowest BCUT2D eigenvalue weighted by Gasteiger charge is -2.42. The van der Waals surface area contributed by atoms with Crippen molar-refractivity contribution in [2.45, 2.75) is 38.5 Å². The number of para-hydroxylation sites is 1. The van der Waals surface area contributed by atoms with Gasteiger partial charge >= 0.3 is 0 Å². The van der Waals surface area contributed by atoms with Crippen LogP contribution in [-0.4, -0.2) is 0 Å². The number of benzene rings is 6. The second kappa shape index (κ2) is 9.31. The molecule has 6 aromatic carbocycles. The Morgan fingerprint density at radius 3 is 1.65 bits per heavy atom. The van der Waals surface area contributed by atoms with E-state index in [4.69, 9.17) is 0 Å². The lowest BCUT2D eigenvalue weighted by molar-refractivity contribution is 0.632. The highest BCUT2D eigenvalue weighted by atomic mass is 15.2. The van der Waals surface area contributed by atoms with E-state index in [2.05, 4.69) is 172 Å². The predicted molar refractivity (Wildman–Crippen MR) is 182 cm³/mol. The second-order valence-electron chi connectivity index (χ2n) is 13.1. The maximum atomic E-state index is 2.44. The van der Waals surface area contributed by atoms with E-state index in [9.17, 15) is 0 Å². The smallest absolute Gasteiger partial charge is 0.0503 e. The number of nitrogens with zero attached hydrogens (tertiary/aromatic N) is 1. The summed E-state index contributed by atoms with van der Waals surface area (Å²) in [6.45, 7) is 9.45. The number of anilines is 3. The maximum absolute atomic E-state index is 2.44. The van der Waals surface area contributed by atoms with Crippen molar-refractivity contribution in [3.8, 4) is 33.4 Å². The zero-order chi connectivity index (χ0) is 29.3. The number of rotatable bonds is 3. The van der Waals surface area contributed by atoms with Gasteiger partial charge < -0.3 is 4.90 Å². The molecule has 0 aromatic heterocycles. The Labute approximate surface area is 255 Å². The molecule has 1 heterocycles. The van der Waals surface area contributed by atoms with E-state index in [0.29, 0.717) is 0 Å². The van der Waals surface area contributed by atoms with E-state index < -0.39 is 0 Å². The maximum Gasteiger partial charge on any atom is 0.0503 e. The minimum atomic E-state index is -0.144. The van der Waals surface area contributed by atoms with Gasteiger partial charge in [-0.1, -0.05) is 131 Å². The van der Waals surface area contributed by atoms with Crippen LogP contribution in [0.25, 0.3) is 33.4 Å². The molecule has 0 saturated carbocycles. The van der Waals surface area contributed by atoms with Crippen molar-refractivity contribution in [2.75, 3.05) is 4.90 Å². The molecule has 0 fully saturated rings. The van der Waals surface area contributed by atoms with E-state index in [1.807, 2.05) is 0 Å². The second-order valence-corrected chi connectivity index (χ2v) is 13.1. The van der Waals surface area contributed by atoms with Crippen LogP contribution in [0.4, 0.5) is 17.1 Å². The van der Waals surface area contributed by atoms with Crippen molar-refractivity contribution in [1.82, 2.24) is 0 Å². The van der Waals surface area contributed by atoms with Crippen molar-refractivity contribution in [1.29, 1.82) is 0 Å². The average Bonchev–Trinajstić information content (AvgIpc) is 3.28. The van der Waals surface area contributed by atoms with E-state index in [1.54, 1.807) is 0 Å². The molecule has 2 aliphatic rings. The van der Waals surface area contributed by atoms with E-state index >= 15 is 0 Å². The molecule has 1 aliphatic carbocycles. The SMILES string of the molecule is CC1(C)c2ccccc2-c2ccc(-c3ccc4c(c3)C(C)(C)c3ccccc3N4c3ccc(-c4ccccc4)cc3)cc21. The van der Waals surface area contributed by atoms with Gasteiger partial charge in [0.1, 0.15) is 0 Å². The van der Waals surface area contributed by atoms with E-state index in [1.165, 1.54) is 72.7 Å². The monoisotopic (exact) mass is 553 g/mol. The van der Waals surface area contributed by atoms with Crippen molar-refractivity contribution in [2.24, 2.45) is 0 Å². The first-order chi connectivity index (χ1) is 20.8. The molecule has 0 atom stereocenters. The first-order valence-electron chi connectivity index (χ1n) is 15.3. The van der Waals surface area contributed by atoms with Crippen LogP contribution in [0.1, 0.15) is 49.9 Å². The van der Waals surface area contributed by atoms with Gasteiger partial charge in [0.05, 0.1) is 11.4 Å². The fraction of sp³-hybridized carbons (Fsp3) is 0.143. The number of hydrogen-bond donors (Lipinski definition) is 0. The Hall–Kier alpha value is -4.88. The molecular weight excluding hydrogens is 518 g/mol. The molecular formula is C42H35N. The quantitative estimate of drug-likeness (QED) is 0.211. The molecule has 1 heteroatoms. The third-order valence-corrected chi connectivity index (χ3v) is 9.88. The van der Waals surface area contributed by atoms with Crippen LogP contribution in [0.15, 0.2) is 140 Å².